The molecule has 0 bridgehead atoms. The molecule has 3 heterocycles. The maximum absolute atomic E-state index is 11.8. The first-order chi connectivity index (χ1) is 12.6. The van der Waals surface area contributed by atoms with Crippen molar-refractivity contribution in [2.24, 2.45) is 5.73 Å². The number of rotatable bonds is 5. The number of ether oxygens (including phenoxy) is 2. The zero-order chi connectivity index (χ0) is 18.1. The fourth-order valence-electron chi connectivity index (χ4n) is 2.96. The van der Waals surface area contributed by atoms with E-state index in [1.807, 2.05) is 18.2 Å². The van der Waals surface area contributed by atoms with Crippen LogP contribution in [0.5, 0.6) is 17.4 Å². The second-order valence-electron chi connectivity index (χ2n) is 5.77. The first kappa shape index (κ1) is 15.9. The van der Waals surface area contributed by atoms with Gasteiger partial charge in [-0.15, -0.1) is 0 Å². The van der Waals surface area contributed by atoms with Crippen LogP contribution in [0.3, 0.4) is 0 Å². The smallest absolute Gasteiger partial charge is 0.269 e. The number of amides is 1. The van der Waals surface area contributed by atoms with E-state index in [1.165, 1.54) is 4.68 Å². The van der Waals surface area contributed by atoms with Crippen LogP contribution in [0.4, 0.5) is 0 Å². The summed E-state index contributed by atoms with van der Waals surface area (Å²) in [4.78, 5) is 15.9. The highest BCUT2D eigenvalue weighted by Crippen LogP contribution is 2.36. The minimum atomic E-state index is -0.706. The van der Waals surface area contributed by atoms with E-state index >= 15 is 0 Å². The number of hydrogen-bond acceptors (Lipinski definition) is 6. The molecule has 0 aliphatic carbocycles. The molecule has 1 aliphatic rings. The molecule has 1 amide bonds. The molecule has 0 atom stereocenters. The molecule has 4 rings (SSSR count). The van der Waals surface area contributed by atoms with Gasteiger partial charge in [0, 0.05) is 11.8 Å². The van der Waals surface area contributed by atoms with Gasteiger partial charge in [0.05, 0.1) is 0 Å². The predicted octanol–water partition coefficient (Wildman–Crippen LogP) is 1.59. The highest BCUT2D eigenvalue weighted by atomic mass is 16.7. The second-order valence-corrected chi connectivity index (χ2v) is 5.77. The first-order valence-corrected chi connectivity index (χ1v) is 8.04. The van der Waals surface area contributed by atoms with E-state index in [0.29, 0.717) is 35.7 Å². The summed E-state index contributed by atoms with van der Waals surface area (Å²) in [5.74, 6) is 0.914. The highest BCUT2D eigenvalue weighted by molar-refractivity contribution is 5.93. The number of hydrogen-bond donors (Lipinski definition) is 2. The van der Waals surface area contributed by atoms with Crippen molar-refractivity contribution in [3.63, 3.8) is 0 Å². The summed E-state index contributed by atoms with van der Waals surface area (Å²) < 4.78 is 12.1. The number of nitrogens with two attached hydrogens (primary N) is 1. The lowest BCUT2D eigenvalue weighted by molar-refractivity contribution is 0.0994. The molecule has 8 heteroatoms. The molecule has 0 spiro atoms. The Morgan fingerprint density at radius 2 is 2.08 bits per heavy atom. The van der Waals surface area contributed by atoms with E-state index in [-0.39, 0.29) is 18.4 Å². The van der Waals surface area contributed by atoms with Crippen molar-refractivity contribution in [3.8, 4) is 23.2 Å². The Balaban J connectivity index is 1.67. The molecule has 0 unspecified atom stereocenters. The molecule has 132 valence electrons. The zero-order valence-corrected chi connectivity index (χ0v) is 13.8. The zero-order valence-electron chi connectivity index (χ0n) is 13.8. The molecule has 0 radical (unpaired) electrons. The van der Waals surface area contributed by atoms with Crippen molar-refractivity contribution in [1.82, 2.24) is 14.8 Å². The number of para-hydroxylation sites is 1. The SMILES string of the molecule is NC(=O)c1nn(-c2ccccn2)c(O)c1CCc1cccc2c1OCO2. The first-order valence-electron chi connectivity index (χ1n) is 8.04. The summed E-state index contributed by atoms with van der Waals surface area (Å²) in [7, 11) is 0. The van der Waals surface area contributed by atoms with Crippen LogP contribution in [0, 0.1) is 0 Å². The van der Waals surface area contributed by atoms with Gasteiger partial charge in [-0.1, -0.05) is 18.2 Å². The van der Waals surface area contributed by atoms with E-state index in [1.54, 1.807) is 24.4 Å². The molecule has 1 aliphatic heterocycles. The molecular weight excluding hydrogens is 336 g/mol. The van der Waals surface area contributed by atoms with E-state index in [2.05, 4.69) is 10.1 Å². The Morgan fingerprint density at radius 3 is 2.85 bits per heavy atom. The lowest BCUT2D eigenvalue weighted by Crippen LogP contribution is -2.14. The summed E-state index contributed by atoms with van der Waals surface area (Å²) >= 11 is 0. The van der Waals surface area contributed by atoms with Gasteiger partial charge in [-0.3, -0.25) is 4.79 Å². The van der Waals surface area contributed by atoms with Crippen molar-refractivity contribution in [2.75, 3.05) is 6.79 Å². The van der Waals surface area contributed by atoms with E-state index < -0.39 is 5.91 Å². The van der Waals surface area contributed by atoms with Gasteiger partial charge in [-0.05, 0) is 36.6 Å². The fourth-order valence-corrected chi connectivity index (χ4v) is 2.96. The molecule has 3 aromatic rings. The lowest BCUT2D eigenvalue weighted by atomic mass is 10.0. The topological polar surface area (TPSA) is 112 Å². The average molecular weight is 352 g/mol. The summed E-state index contributed by atoms with van der Waals surface area (Å²) in [6, 6.07) is 10.8. The van der Waals surface area contributed by atoms with Crippen molar-refractivity contribution >= 4 is 5.91 Å². The molecule has 2 aromatic heterocycles. The fraction of sp³-hybridized carbons (Fsp3) is 0.167. The van der Waals surface area contributed by atoms with Gasteiger partial charge >= 0.3 is 0 Å². The van der Waals surface area contributed by atoms with Gasteiger partial charge in [-0.2, -0.15) is 9.78 Å². The van der Waals surface area contributed by atoms with Crippen LogP contribution < -0.4 is 15.2 Å². The van der Waals surface area contributed by atoms with Crippen LogP contribution in [-0.4, -0.2) is 32.6 Å². The van der Waals surface area contributed by atoms with Gasteiger partial charge in [-0.25, -0.2) is 4.98 Å². The van der Waals surface area contributed by atoms with Gasteiger partial charge in [0.25, 0.3) is 5.91 Å². The number of benzene rings is 1. The van der Waals surface area contributed by atoms with Gasteiger partial charge < -0.3 is 20.3 Å². The average Bonchev–Trinajstić information content (AvgIpc) is 3.25. The quantitative estimate of drug-likeness (QED) is 0.721. The minimum Gasteiger partial charge on any atom is -0.493 e. The number of aryl methyl sites for hydroxylation is 1. The molecule has 0 saturated carbocycles. The van der Waals surface area contributed by atoms with Crippen LogP contribution >= 0.6 is 0 Å². The molecular formula is C18H16N4O4. The summed E-state index contributed by atoms with van der Waals surface area (Å²) in [5, 5.41) is 14.7. The van der Waals surface area contributed by atoms with Crippen molar-refractivity contribution < 1.29 is 19.4 Å². The number of primary amides is 1. The van der Waals surface area contributed by atoms with Gasteiger partial charge in [0.15, 0.2) is 23.0 Å². The third-order valence-electron chi connectivity index (χ3n) is 4.18. The van der Waals surface area contributed by atoms with E-state index in [0.717, 1.165) is 5.56 Å². The maximum atomic E-state index is 11.8. The third kappa shape index (κ3) is 2.71. The summed E-state index contributed by atoms with van der Waals surface area (Å²) in [6.45, 7) is 0.182. The Kier molecular flexibility index (Phi) is 3.92. The lowest BCUT2D eigenvalue weighted by Gasteiger charge is -2.06. The highest BCUT2D eigenvalue weighted by Gasteiger charge is 2.24. The van der Waals surface area contributed by atoms with E-state index in [4.69, 9.17) is 15.2 Å². The Bertz CT molecular complexity index is 969. The van der Waals surface area contributed by atoms with Gasteiger partial charge in [0.2, 0.25) is 12.7 Å². The van der Waals surface area contributed by atoms with Crippen molar-refractivity contribution in [1.29, 1.82) is 0 Å². The molecule has 0 saturated heterocycles. The Hall–Kier alpha value is -3.55. The number of aromatic nitrogens is 3. The summed E-state index contributed by atoms with van der Waals surface area (Å²) in [5.41, 5.74) is 6.76. The maximum Gasteiger partial charge on any atom is 0.269 e. The second kappa shape index (κ2) is 6.40. The number of fused-ring (bicyclic) bond motifs is 1. The van der Waals surface area contributed by atoms with Crippen LogP contribution in [-0.2, 0) is 12.8 Å². The number of carbonyl (C=O) groups is 1. The number of nitrogens with zero attached hydrogens (tertiary/aromatic N) is 3. The number of pyridine rings is 1. The number of aromatic hydroxyl groups is 1. The standard InChI is InChI=1S/C18H16N4O4/c19-17(23)15-12(18(24)22(21-15)14-6-1-2-9-20-14)8-7-11-4-3-5-13-16(11)26-10-25-13/h1-6,9,24H,7-8,10H2,(H2,19,23). The van der Waals surface area contributed by atoms with Crippen LogP contribution in [0.25, 0.3) is 5.82 Å². The predicted molar refractivity (Wildman–Crippen MR) is 91.5 cm³/mol. The Morgan fingerprint density at radius 1 is 1.19 bits per heavy atom. The Labute approximate surface area is 148 Å². The van der Waals surface area contributed by atoms with Crippen molar-refractivity contribution in [2.45, 2.75) is 12.8 Å². The van der Waals surface area contributed by atoms with Crippen molar-refractivity contribution in [3.05, 3.63) is 59.4 Å². The normalized spacial score (nSPS) is 12.3. The van der Waals surface area contributed by atoms with Crippen LogP contribution in [0.1, 0.15) is 21.6 Å². The summed E-state index contributed by atoms with van der Waals surface area (Å²) in [6.07, 6.45) is 2.45. The molecule has 0 fully saturated rings. The van der Waals surface area contributed by atoms with E-state index in [9.17, 15) is 9.90 Å². The number of carbonyl (C=O) groups excluding carboxylic acids is 1. The van der Waals surface area contributed by atoms with Gasteiger partial charge in [0.1, 0.15) is 0 Å². The monoisotopic (exact) mass is 352 g/mol. The van der Waals surface area contributed by atoms with Crippen LogP contribution in [0.15, 0.2) is 42.6 Å². The molecule has 1 aromatic carbocycles. The van der Waals surface area contributed by atoms with Crippen LogP contribution in [0.2, 0.25) is 0 Å². The molecule has 3 N–H and O–H groups in total. The largest absolute Gasteiger partial charge is 0.493 e. The molecule has 26 heavy (non-hydrogen) atoms. The molecule has 8 nitrogen and oxygen atoms in total. The minimum absolute atomic E-state index is 0.0258. The third-order valence-corrected chi connectivity index (χ3v) is 4.18.